The zero-order valence-corrected chi connectivity index (χ0v) is 17.3. The summed E-state index contributed by atoms with van der Waals surface area (Å²) < 4.78 is 4.07. The molecule has 5 rings (SSSR count). The van der Waals surface area contributed by atoms with Gasteiger partial charge in [-0.3, -0.25) is 0 Å². The van der Waals surface area contributed by atoms with E-state index in [2.05, 4.69) is 58.0 Å². The number of benzene rings is 2. The Morgan fingerprint density at radius 2 is 1.75 bits per heavy atom. The Morgan fingerprint density at radius 3 is 2.57 bits per heavy atom. The Bertz CT molecular complexity index is 1210. The third-order valence-corrected chi connectivity index (χ3v) is 6.66. The number of hydrogen-bond donors (Lipinski definition) is 0. The van der Waals surface area contributed by atoms with E-state index in [9.17, 15) is 0 Å². The van der Waals surface area contributed by atoms with Crippen molar-refractivity contribution in [3.63, 3.8) is 0 Å². The van der Waals surface area contributed by atoms with Gasteiger partial charge < -0.3 is 9.47 Å². The van der Waals surface area contributed by atoms with Gasteiger partial charge in [0, 0.05) is 13.1 Å². The summed E-state index contributed by atoms with van der Waals surface area (Å²) in [6, 6.07) is 19.1. The smallest absolute Gasteiger partial charge is 0.163 e. The zero-order valence-electron chi connectivity index (χ0n) is 15.6. The highest BCUT2D eigenvalue weighted by molar-refractivity contribution is 7.73. The van der Waals surface area contributed by atoms with E-state index in [1.165, 1.54) is 16.7 Å². The molecule has 4 nitrogen and oxygen atoms in total. The zero-order chi connectivity index (χ0) is 19.1. The van der Waals surface area contributed by atoms with E-state index in [1.807, 2.05) is 13.0 Å². The Kier molecular flexibility index (Phi) is 4.45. The van der Waals surface area contributed by atoms with Gasteiger partial charge in [0.2, 0.25) is 0 Å². The fourth-order valence-electron chi connectivity index (χ4n) is 3.83. The quantitative estimate of drug-likeness (QED) is 0.443. The lowest BCUT2D eigenvalue weighted by atomic mass is 10.00. The lowest BCUT2D eigenvalue weighted by Crippen LogP contribution is -2.31. The summed E-state index contributed by atoms with van der Waals surface area (Å²) in [5.74, 6) is 1.80. The normalized spacial score (nSPS) is 13.7. The second-order valence-electron chi connectivity index (χ2n) is 7.13. The summed E-state index contributed by atoms with van der Waals surface area (Å²) in [6.07, 6.45) is 1.04. The minimum atomic E-state index is 0.735. The standard InChI is InChI=1S/C22H20N4S2/c1-15-23-20(25-12-11-17-9-5-6-10-18(17)14-25)19-21(24-15)26(22(27)28-19)13-16-7-3-2-4-8-16/h2-10H,11-14H2,1H3. The first kappa shape index (κ1) is 17.5. The van der Waals surface area contributed by atoms with E-state index in [1.54, 1.807) is 11.3 Å². The molecule has 0 N–H and O–H groups in total. The van der Waals surface area contributed by atoms with Crippen LogP contribution in [0.2, 0.25) is 0 Å². The molecule has 1 aliphatic heterocycles. The predicted molar refractivity (Wildman–Crippen MR) is 118 cm³/mol. The monoisotopic (exact) mass is 404 g/mol. The number of nitrogens with zero attached hydrogens (tertiary/aromatic N) is 4. The maximum Gasteiger partial charge on any atom is 0.163 e. The van der Waals surface area contributed by atoms with Crippen LogP contribution in [-0.4, -0.2) is 21.1 Å². The fraction of sp³-hybridized carbons (Fsp3) is 0.227. The maximum absolute atomic E-state index is 5.71. The van der Waals surface area contributed by atoms with E-state index >= 15 is 0 Å². The molecular formula is C22H20N4S2. The number of hydrogen-bond acceptors (Lipinski definition) is 5. The lowest BCUT2D eigenvalue weighted by molar-refractivity contribution is 0.720. The van der Waals surface area contributed by atoms with Gasteiger partial charge >= 0.3 is 0 Å². The summed E-state index contributed by atoms with van der Waals surface area (Å²) in [7, 11) is 0. The molecule has 0 radical (unpaired) electrons. The molecule has 6 heteroatoms. The fourth-order valence-corrected chi connectivity index (χ4v) is 5.18. The highest BCUT2D eigenvalue weighted by atomic mass is 32.1. The molecule has 0 saturated heterocycles. The van der Waals surface area contributed by atoms with Gasteiger partial charge in [0.05, 0.1) is 6.54 Å². The second kappa shape index (κ2) is 7.11. The lowest BCUT2D eigenvalue weighted by Gasteiger charge is -2.30. The van der Waals surface area contributed by atoms with Crippen LogP contribution in [-0.2, 0) is 19.5 Å². The molecule has 0 aliphatic carbocycles. The molecule has 4 aromatic rings. The predicted octanol–water partition coefficient (Wildman–Crippen LogP) is 5.14. The van der Waals surface area contributed by atoms with Gasteiger partial charge in [-0.1, -0.05) is 65.9 Å². The van der Waals surface area contributed by atoms with Gasteiger partial charge in [-0.25, -0.2) is 9.97 Å². The molecule has 1 aliphatic rings. The molecule has 0 amide bonds. The number of aryl methyl sites for hydroxylation is 1. The van der Waals surface area contributed by atoms with Crippen LogP contribution in [0.5, 0.6) is 0 Å². The van der Waals surface area contributed by atoms with Crippen LogP contribution < -0.4 is 4.90 Å². The summed E-state index contributed by atoms with van der Waals surface area (Å²) in [5.41, 5.74) is 4.99. The number of aromatic nitrogens is 3. The van der Waals surface area contributed by atoms with E-state index in [0.29, 0.717) is 0 Å². The van der Waals surface area contributed by atoms with Gasteiger partial charge in [0.1, 0.15) is 10.5 Å². The van der Waals surface area contributed by atoms with Crippen molar-refractivity contribution in [2.75, 3.05) is 11.4 Å². The number of anilines is 1. The molecule has 2 aromatic heterocycles. The van der Waals surface area contributed by atoms with E-state index in [-0.39, 0.29) is 0 Å². The molecule has 28 heavy (non-hydrogen) atoms. The Balaban J connectivity index is 1.59. The van der Waals surface area contributed by atoms with Crippen molar-refractivity contribution >= 4 is 39.7 Å². The third kappa shape index (κ3) is 3.12. The molecule has 0 spiro atoms. The van der Waals surface area contributed by atoms with Crippen LogP contribution in [0.3, 0.4) is 0 Å². The van der Waals surface area contributed by atoms with Crippen LogP contribution in [0.15, 0.2) is 54.6 Å². The summed E-state index contributed by atoms with van der Waals surface area (Å²) >= 11 is 7.33. The molecule has 2 aromatic carbocycles. The van der Waals surface area contributed by atoms with Crippen molar-refractivity contribution in [2.24, 2.45) is 0 Å². The van der Waals surface area contributed by atoms with E-state index in [4.69, 9.17) is 22.2 Å². The Morgan fingerprint density at radius 1 is 1.00 bits per heavy atom. The number of fused-ring (bicyclic) bond motifs is 2. The summed E-state index contributed by atoms with van der Waals surface area (Å²) in [6.45, 7) is 4.55. The van der Waals surface area contributed by atoms with E-state index in [0.717, 1.165) is 52.0 Å². The van der Waals surface area contributed by atoms with Gasteiger partial charge in [0.25, 0.3) is 0 Å². The van der Waals surface area contributed by atoms with Crippen molar-refractivity contribution in [3.05, 3.63) is 81.1 Å². The topological polar surface area (TPSA) is 34.0 Å². The molecule has 0 bridgehead atoms. The van der Waals surface area contributed by atoms with Gasteiger partial charge in [-0.15, -0.1) is 0 Å². The highest BCUT2D eigenvalue weighted by Gasteiger charge is 2.22. The van der Waals surface area contributed by atoms with Crippen LogP contribution in [0.4, 0.5) is 5.82 Å². The third-order valence-electron chi connectivity index (χ3n) is 5.22. The maximum atomic E-state index is 5.71. The Hall–Kier alpha value is -2.57. The van der Waals surface area contributed by atoms with Crippen molar-refractivity contribution < 1.29 is 0 Å². The molecule has 140 valence electrons. The van der Waals surface area contributed by atoms with Crippen molar-refractivity contribution in [1.29, 1.82) is 0 Å². The van der Waals surface area contributed by atoms with Crippen molar-refractivity contribution in [2.45, 2.75) is 26.4 Å². The van der Waals surface area contributed by atoms with E-state index < -0.39 is 0 Å². The first-order chi connectivity index (χ1) is 13.7. The van der Waals surface area contributed by atoms with Crippen molar-refractivity contribution in [1.82, 2.24) is 14.5 Å². The summed E-state index contributed by atoms with van der Waals surface area (Å²) in [5, 5.41) is 0. The van der Waals surface area contributed by atoms with Crippen LogP contribution >= 0.6 is 23.6 Å². The SMILES string of the molecule is Cc1nc(N2CCc3ccccc3C2)c2sc(=S)n(Cc3ccccc3)c2n1. The van der Waals surface area contributed by atoms with Gasteiger partial charge in [-0.05, 0) is 42.3 Å². The number of thiazole rings is 1. The minimum absolute atomic E-state index is 0.735. The largest absolute Gasteiger partial charge is 0.351 e. The second-order valence-corrected chi connectivity index (χ2v) is 8.77. The van der Waals surface area contributed by atoms with Crippen molar-refractivity contribution in [3.8, 4) is 0 Å². The molecule has 0 unspecified atom stereocenters. The van der Waals surface area contributed by atoms with Crippen LogP contribution in [0, 0.1) is 10.9 Å². The first-order valence-electron chi connectivity index (χ1n) is 9.42. The average molecular weight is 405 g/mol. The molecule has 0 saturated carbocycles. The van der Waals surface area contributed by atoms with Gasteiger partial charge in [-0.2, -0.15) is 0 Å². The van der Waals surface area contributed by atoms with Crippen LogP contribution in [0.1, 0.15) is 22.5 Å². The molecule has 0 atom stereocenters. The molecular weight excluding hydrogens is 384 g/mol. The molecule has 0 fully saturated rings. The first-order valence-corrected chi connectivity index (χ1v) is 10.6. The minimum Gasteiger partial charge on any atom is -0.351 e. The van der Waals surface area contributed by atoms with Gasteiger partial charge in [0.15, 0.2) is 15.4 Å². The Labute approximate surface area is 173 Å². The highest BCUT2D eigenvalue weighted by Crippen LogP contribution is 2.33. The average Bonchev–Trinajstić information content (AvgIpc) is 3.03. The number of rotatable bonds is 3. The van der Waals surface area contributed by atoms with Crippen LogP contribution in [0.25, 0.3) is 10.3 Å². The molecule has 3 heterocycles. The summed E-state index contributed by atoms with van der Waals surface area (Å²) in [4.78, 5) is 12.0.